The quantitative estimate of drug-likeness (QED) is 0.615. The van der Waals surface area contributed by atoms with Crippen molar-refractivity contribution in [3.63, 3.8) is 0 Å². The summed E-state index contributed by atoms with van der Waals surface area (Å²) < 4.78 is 0. The SMILES string of the molecule is CCCCCc1cccc(C[NH])c1. The van der Waals surface area contributed by atoms with Crippen molar-refractivity contribution in [2.45, 2.75) is 39.2 Å². The number of hydrogen-bond donors (Lipinski definition) is 0. The fraction of sp³-hybridized carbons (Fsp3) is 0.500. The van der Waals surface area contributed by atoms with Crippen molar-refractivity contribution in [1.29, 1.82) is 0 Å². The highest BCUT2D eigenvalue weighted by Crippen LogP contribution is 2.09. The zero-order chi connectivity index (χ0) is 9.52. The average Bonchev–Trinajstić information content (AvgIpc) is 2.19. The predicted octanol–water partition coefficient (Wildman–Crippen LogP) is 3.20. The maximum absolute atomic E-state index is 7.25. The van der Waals surface area contributed by atoms with Crippen molar-refractivity contribution in [3.8, 4) is 0 Å². The molecule has 1 rings (SSSR count). The minimum atomic E-state index is 0.404. The van der Waals surface area contributed by atoms with E-state index in [1.165, 1.54) is 31.2 Å². The number of aryl methyl sites for hydroxylation is 1. The summed E-state index contributed by atoms with van der Waals surface area (Å²) in [7, 11) is 0. The van der Waals surface area contributed by atoms with Gasteiger partial charge in [0.15, 0.2) is 0 Å². The number of unbranched alkanes of at least 4 members (excludes halogenated alkanes) is 2. The van der Waals surface area contributed by atoms with Crippen LogP contribution in [0, 0.1) is 0 Å². The number of hydrogen-bond acceptors (Lipinski definition) is 0. The van der Waals surface area contributed by atoms with E-state index in [1.54, 1.807) is 0 Å². The van der Waals surface area contributed by atoms with Gasteiger partial charge in [0, 0.05) is 6.54 Å². The van der Waals surface area contributed by atoms with Gasteiger partial charge >= 0.3 is 0 Å². The maximum atomic E-state index is 7.25. The monoisotopic (exact) mass is 176 g/mol. The largest absolute Gasteiger partial charge is 0.253 e. The highest BCUT2D eigenvalue weighted by Gasteiger charge is 1.94. The van der Waals surface area contributed by atoms with Gasteiger partial charge in [-0.25, -0.2) is 0 Å². The van der Waals surface area contributed by atoms with E-state index in [0.717, 1.165) is 5.56 Å². The minimum Gasteiger partial charge on any atom is -0.253 e. The Morgan fingerprint density at radius 1 is 1.15 bits per heavy atom. The summed E-state index contributed by atoms with van der Waals surface area (Å²) in [6.07, 6.45) is 5.03. The number of nitrogens with one attached hydrogen (secondary N) is 1. The molecular formula is C12H18N. The second kappa shape index (κ2) is 5.76. The van der Waals surface area contributed by atoms with Crippen molar-refractivity contribution >= 4 is 0 Å². The molecule has 1 aromatic rings. The van der Waals surface area contributed by atoms with Gasteiger partial charge in [-0.15, -0.1) is 0 Å². The summed E-state index contributed by atoms with van der Waals surface area (Å²) in [5.41, 5.74) is 9.77. The molecule has 1 radical (unpaired) electrons. The Hall–Kier alpha value is -0.820. The molecule has 0 unspecified atom stereocenters. The second-order valence-electron chi connectivity index (χ2n) is 3.45. The molecule has 0 aliphatic heterocycles. The van der Waals surface area contributed by atoms with Gasteiger partial charge in [-0.1, -0.05) is 44.0 Å². The molecule has 0 heterocycles. The van der Waals surface area contributed by atoms with Crippen LogP contribution in [-0.2, 0) is 13.0 Å². The summed E-state index contributed by atoms with van der Waals surface area (Å²) >= 11 is 0. The summed E-state index contributed by atoms with van der Waals surface area (Å²) in [5, 5.41) is 0. The Morgan fingerprint density at radius 3 is 2.62 bits per heavy atom. The normalized spacial score (nSPS) is 10.3. The molecule has 0 saturated carbocycles. The van der Waals surface area contributed by atoms with Gasteiger partial charge in [0.2, 0.25) is 0 Å². The Kier molecular flexibility index (Phi) is 4.55. The fourth-order valence-electron chi connectivity index (χ4n) is 1.47. The molecule has 0 atom stereocenters. The van der Waals surface area contributed by atoms with Crippen molar-refractivity contribution in [1.82, 2.24) is 5.73 Å². The molecule has 0 spiro atoms. The predicted molar refractivity (Wildman–Crippen MR) is 56.5 cm³/mol. The van der Waals surface area contributed by atoms with Gasteiger partial charge < -0.3 is 0 Å². The molecule has 0 aromatic heterocycles. The van der Waals surface area contributed by atoms with Crippen LogP contribution in [0.15, 0.2) is 24.3 Å². The van der Waals surface area contributed by atoms with E-state index < -0.39 is 0 Å². The molecule has 71 valence electrons. The van der Waals surface area contributed by atoms with Gasteiger partial charge in [0.05, 0.1) is 0 Å². The van der Waals surface area contributed by atoms with Crippen LogP contribution < -0.4 is 5.73 Å². The van der Waals surface area contributed by atoms with Crippen LogP contribution >= 0.6 is 0 Å². The lowest BCUT2D eigenvalue weighted by Gasteiger charge is -2.02. The van der Waals surface area contributed by atoms with Crippen LogP contribution in [-0.4, -0.2) is 0 Å². The standard InChI is InChI=1S/C12H18N/c1-2-3-4-6-11-7-5-8-12(9-11)10-13/h5,7-9,13H,2-4,6,10H2,1H3. The lowest BCUT2D eigenvalue weighted by atomic mass is 10.0. The molecule has 0 aliphatic carbocycles. The first-order chi connectivity index (χ1) is 6.36. The summed E-state index contributed by atoms with van der Waals surface area (Å²) in [5.74, 6) is 0. The van der Waals surface area contributed by atoms with Gasteiger partial charge in [-0.05, 0) is 24.0 Å². The van der Waals surface area contributed by atoms with Crippen LogP contribution in [0.2, 0.25) is 0 Å². The van der Waals surface area contributed by atoms with Crippen molar-refractivity contribution in [2.24, 2.45) is 0 Å². The Morgan fingerprint density at radius 2 is 1.92 bits per heavy atom. The average molecular weight is 176 g/mol. The van der Waals surface area contributed by atoms with E-state index in [4.69, 9.17) is 5.73 Å². The molecular weight excluding hydrogens is 158 g/mol. The molecule has 1 aromatic carbocycles. The fourth-order valence-corrected chi connectivity index (χ4v) is 1.47. The smallest absolute Gasteiger partial charge is 0.0351 e. The summed E-state index contributed by atoms with van der Waals surface area (Å²) in [4.78, 5) is 0. The van der Waals surface area contributed by atoms with Crippen LogP contribution in [0.3, 0.4) is 0 Å². The van der Waals surface area contributed by atoms with E-state index in [9.17, 15) is 0 Å². The van der Waals surface area contributed by atoms with Crippen LogP contribution in [0.25, 0.3) is 0 Å². The third-order valence-corrected chi connectivity index (χ3v) is 2.26. The molecule has 1 heteroatoms. The zero-order valence-electron chi connectivity index (χ0n) is 8.34. The Labute approximate surface area is 81.0 Å². The van der Waals surface area contributed by atoms with E-state index in [2.05, 4.69) is 25.1 Å². The summed E-state index contributed by atoms with van der Waals surface area (Å²) in [6, 6.07) is 8.40. The van der Waals surface area contributed by atoms with Gasteiger partial charge in [-0.2, -0.15) is 0 Å². The Balaban J connectivity index is 2.46. The van der Waals surface area contributed by atoms with Gasteiger partial charge in [-0.3, -0.25) is 5.73 Å². The van der Waals surface area contributed by atoms with Gasteiger partial charge in [0.1, 0.15) is 0 Å². The molecule has 0 bridgehead atoms. The molecule has 1 N–H and O–H groups in total. The van der Waals surface area contributed by atoms with Gasteiger partial charge in [0.25, 0.3) is 0 Å². The van der Waals surface area contributed by atoms with E-state index in [1.807, 2.05) is 6.07 Å². The third kappa shape index (κ3) is 3.60. The molecule has 0 amide bonds. The molecule has 0 aliphatic rings. The zero-order valence-corrected chi connectivity index (χ0v) is 8.34. The highest BCUT2D eigenvalue weighted by molar-refractivity contribution is 5.23. The first-order valence-corrected chi connectivity index (χ1v) is 5.09. The number of benzene rings is 1. The lowest BCUT2D eigenvalue weighted by molar-refractivity contribution is 0.717. The van der Waals surface area contributed by atoms with Crippen LogP contribution in [0.1, 0.15) is 37.3 Å². The minimum absolute atomic E-state index is 0.404. The van der Waals surface area contributed by atoms with Crippen molar-refractivity contribution in [3.05, 3.63) is 35.4 Å². The number of rotatable bonds is 5. The lowest BCUT2D eigenvalue weighted by Crippen LogP contribution is -1.89. The van der Waals surface area contributed by atoms with Crippen molar-refractivity contribution in [2.75, 3.05) is 0 Å². The second-order valence-corrected chi connectivity index (χ2v) is 3.45. The van der Waals surface area contributed by atoms with E-state index >= 15 is 0 Å². The first kappa shape index (κ1) is 10.3. The maximum Gasteiger partial charge on any atom is 0.0351 e. The third-order valence-electron chi connectivity index (χ3n) is 2.26. The molecule has 1 nitrogen and oxygen atoms in total. The highest BCUT2D eigenvalue weighted by atomic mass is 14.5. The van der Waals surface area contributed by atoms with E-state index in [-0.39, 0.29) is 0 Å². The molecule has 0 fully saturated rings. The van der Waals surface area contributed by atoms with E-state index in [0.29, 0.717) is 6.54 Å². The molecule has 13 heavy (non-hydrogen) atoms. The first-order valence-electron chi connectivity index (χ1n) is 5.09. The van der Waals surface area contributed by atoms with Crippen LogP contribution in [0.5, 0.6) is 0 Å². The summed E-state index contributed by atoms with van der Waals surface area (Å²) in [6.45, 7) is 2.63. The Bertz CT molecular complexity index is 243. The molecule has 0 saturated heterocycles. The van der Waals surface area contributed by atoms with Crippen LogP contribution in [0.4, 0.5) is 0 Å². The van der Waals surface area contributed by atoms with Crippen molar-refractivity contribution < 1.29 is 0 Å². The topological polar surface area (TPSA) is 23.8 Å².